The van der Waals surface area contributed by atoms with Crippen molar-refractivity contribution in [1.29, 1.82) is 0 Å². The third kappa shape index (κ3) is 4.15. The number of aromatic nitrogens is 1. The maximum absolute atomic E-state index is 13.0. The summed E-state index contributed by atoms with van der Waals surface area (Å²) in [6.07, 6.45) is 0.805. The number of rotatable bonds is 6. The molecule has 28 heavy (non-hydrogen) atoms. The lowest BCUT2D eigenvalue weighted by molar-refractivity contribution is -0.115. The van der Waals surface area contributed by atoms with E-state index >= 15 is 0 Å². The Hall–Kier alpha value is -2.52. The molecule has 0 aliphatic heterocycles. The van der Waals surface area contributed by atoms with E-state index in [4.69, 9.17) is 4.74 Å². The Kier molecular flexibility index (Phi) is 5.95. The molecule has 0 aliphatic rings. The number of hydrogen-bond donors (Lipinski definition) is 0. The zero-order valence-corrected chi connectivity index (χ0v) is 17.0. The van der Waals surface area contributed by atoms with Gasteiger partial charge in [0, 0.05) is 6.54 Å². The second kappa shape index (κ2) is 8.24. The van der Waals surface area contributed by atoms with Crippen LogP contribution in [0.3, 0.4) is 0 Å². The highest BCUT2D eigenvalue weighted by atomic mass is 32.2. The number of fused-ring (bicyclic) bond motifs is 1. The number of benzene rings is 2. The van der Waals surface area contributed by atoms with Gasteiger partial charge in [0.2, 0.25) is 0 Å². The van der Waals surface area contributed by atoms with Crippen LogP contribution in [-0.4, -0.2) is 31.8 Å². The smallest absolute Gasteiger partial charge is 0.263 e. The molecular formula is C19H19FN2O4S2. The third-order valence-corrected chi connectivity index (χ3v) is 6.70. The molecule has 0 atom stereocenters. The van der Waals surface area contributed by atoms with Crippen LogP contribution in [0.1, 0.15) is 13.3 Å². The molecule has 3 aromatic rings. The minimum Gasteiger partial charge on any atom is -0.495 e. The number of thiazole rings is 1. The van der Waals surface area contributed by atoms with Crippen molar-refractivity contribution in [2.75, 3.05) is 12.9 Å². The Bertz CT molecular complexity index is 1180. The van der Waals surface area contributed by atoms with Crippen LogP contribution in [0.4, 0.5) is 4.39 Å². The fourth-order valence-corrected chi connectivity index (χ4v) is 5.00. The van der Waals surface area contributed by atoms with Crippen LogP contribution in [0.25, 0.3) is 10.2 Å². The maximum atomic E-state index is 13.0. The molecule has 0 radical (unpaired) electrons. The van der Waals surface area contributed by atoms with Crippen molar-refractivity contribution in [2.24, 2.45) is 4.99 Å². The Morgan fingerprint density at radius 1 is 1.21 bits per heavy atom. The van der Waals surface area contributed by atoms with Gasteiger partial charge in [-0.05, 0) is 42.8 Å². The van der Waals surface area contributed by atoms with Gasteiger partial charge in [0.25, 0.3) is 5.91 Å². The fraction of sp³-hybridized carbons (Fsp3) is 0.263. The summed E-state index contributed by atoms with van der Waals surface area (Å²) in [6.45, 7) is 2.60. The van der Waals surface area contributed by atoms with Crippen LogP contribution in [0, 0.1) is 5.82 Å². The average Bonchev–Trinajstić information content (AvgIpc) is 2.99. The quantitative estimate of drug-likeness (QED) is 0.572. The summed E-state index contributed by atoms with van der Waals surface area (Å²) in [7, 11) is -2.33. The van der Waals surface area contributed by atoms with Gasteiger partial charge in [0.1, 0.15) is 22.8 Å². The first-order valence-corrected chi connectivity index (χ1v) is 11.0. The number of amides is 1. The number of halogens is 1. The summed E-state index contributed by atoms with van der Waals surface area (Å²) in [6, 6.07) is 9.93. The lowest BCUT2D eigenvalue weighted by Crippen LogP contribution is -2.21. The molecule has 3 rings (SSSR count). The molecule has 0 N–H and O–H groups in total. The molecule has 0 saturated carbocycles. The van der Waals surface area contributed by atoms with E-state index in [1.165, 1.54) is 11.3 Å². The Balaban J connectivity index is 2.00. The monoisotopic (exact) mass is 422 g/mol. The number of carbonyl (C=O) groups excluding carboxylic acids is 1. The number of sulfone groups is 1. The SMILES string of the molecule is CCCn1c(=NC(=O)CS(=O)(=O)c2ccc(F)cc2)sc2cccc(OC)c21. The van der Waals surface area contributed by atoms with Crippen LogP contribution in [0.2, 0.25) is 0 Å². The second-order valence-electron chi connectivity index (χ2n) is 6.06. The summed E-state index contributed by atoms with van der Waals surface area (Å²) >= 11 is 1.30. The molecule has 0 spiro atoms. The molecule has 1 heterocycles. The van der Waals surface area contributed by atoms with E-state index < -0.39 is 27.3 Å². The summed E-state index contributed by atoms with van der Waals surface area (Å²) in [5.41, 5.74) is 0.824. The number of carbonyl (C=O) groups is 1. The van der Waals surface area contributed by atoms with Gasteiger partial charge in [0.15, 0.2) is 14.6 Å². The highest BCUT2D eigenvalue weighted by molar-refractivity contribution is 7.92. The summed E-state index contributed by atoms with van der Waals surface area (Å²) < 4.78 is 46.0. The van der Waals surface area contributed by atoms with Gasteiger partial charge in [-0.1, -0.05) is 24.3 Å². The number of para-hydroxylation sites is 1. The fourth-order valence-electron chi connectivity index (χ4n) is 2.81. The largest absolute Gasteiger partial charge is 0.495 e. The lowest BCUT2D eigenvalue weighted by Gasteiger charge is -2.07. The molecule has 2 aromatic carbocycles. The minimum atomic E-state index is -3.90. The number of nitrogens with zero attached hydrogens (tertiary/aromatic N) is 2. The lowest BCUT2D eigenvalue weighted by atomic mass is 10.3. The average molecular weight is 423 g/mol. The number of methoxy groups -OCH3 is 1. The van der Waals surface area contributed by atoms with Gasteiger partial charge in [-0.3, -0.25) is 4.79 Å². The highest BCUT2D eigenvalue weighted by Crippen LogP contribution is 2.27. The molecule has 1 aromatic heterocycles. The first-order chi connectivity index (χ1) is 13.4. The Morgan fingerprint density at radius 2 is 1.93 bits per heavy atom. The van der Waals surface area contributed by atoms with E-state index in [1.807, 2.05) is 29.7 Å². The Morgan fingerprint density at radius 3 is 2.57 bits per heavy atom. The van der Waals surface area contributed by atoms with Crippen LogP contribution < -0.4 is 9.54 Å². The predicted molar refractivity (Wildman–Crippen MR) is 106 cm³/mol. The van der Waals surface area contributed by atoms with Crippen molar-refractivity contribution < 1.29 is 22.3 Å². The van der Waals surface area contributed by atoms with Crippen molar-refractivity contribution >= 4 is 37.3 Å². The van der Waals surface area contributed by atoms with Gasteiger partial charge in [0.05, 0.1) is 16.7 Å². The highest BCUT2D eigenvalue weighted by Gasteiger charge is 2.20. The molecular weight excluding hydrogens is 403 g/mol. The predicted octanol–water partition coefficient (Wildman–Crippen LogP) is 3.16. The van der Waals surface area contributed by atoms with Gasteiger partial charge in [-0.2, -0.15) is 4.99 Å². The van der Waals surface area contributed by atoms with Crippen molar-refractivity contribution in [3.8, 4) is 5.75 Å². The summed E-state index contributed by atoms with van der Waals surface area (Å²) in [4.78, 5) is 16.8. The van der Waals surface area contributed by atoms with Gasteiger partial charge >= 0.3 is 0 Å². The topological polar surface area (TPSA) is 77.7 Å². The van der Waals surface area contributed by atoms with E-state index in [0.29, 0.717) is 17.1 Å². The van der Waals surface area contributed by atoms with Crippen molar-refractivity contribution in [3.05, 3.63) is 53.1 Å². The molecule has 0 saturated heterocycles. The number of hydrogen-bond acceptors (Lipinski definition) is 5. The van der Waals surface area contributed by atoms with Crippen LogP contribution >= 0.6 is 11.3 Å². The van der Waals surface area contributed by atoms with Crippen molar-refractivity contribution in [3.63, 3.8) is 0 Å². The minimum absolute atomic E-state index is 0.114. The molecule has 0 aliphatic carbocycles. The van der Waals surface area contributed by atoms with E-state index in [1.54, 1.807) is 7.11 Å². The maximum Gasteiger partial charge on any atom is 0.263 e. The van der Waals surface area contributed by atoms with Crippen LogP contribution in [0.5, 0.6) is 5.75 Å². The van der Waals surface area contributed by atoms with Crippen LogP contribution in [-0.2, 0) is 21.2 Å². The molecule has 0 bridgehead atoms. The van der Waals surface area contributed by atoms with Gasteiger partial charge < -0.3 is 9.30 Å². The zero-order chi connectivity index (χ0) is 20.3. The van der Waals surface area contributed by atoms with Gasteiger partial charge in [-0.25, -0.2) is 12.8 Å². The second-order valence-corrected chi connectivity index (χ2v) is 9.06. The zero-order valence-electron chi connectivity index (χ0n) is 15.4. The van der Waals surface area contributed by atoms with Crippen LogP contribution in [0.15, 0.2) is 52.4 Å². The molecule has 0 fully saturated rings. The summed E-state index contributed by atoms with van der Waals surface area (Å²) in [5, 5.41) is 0. The molecule has 148 valence electrons. The molecule has 9 heteroatoms. The van der Waals surface area contributed by atoms with E-state index in [9.17, 15) is 17.6 Å². The molecule has 1 amide bonds. The van der Waals surface area contributed by atoms with E-state index in [2.05, 4.69) is 4.99 Å². The molecule has 6 nitrogen and oxygen atoms in total. The standard InChI is InChI=1S/C19H19FN2O4S2/c1-3-11-22-18-15(26-2)5-4-6-16(18)27-19(22)21-17(23)12-28(24,25)14-9-7-13(20)8-10-14/h4-10H,3,11-12H2,1-2H3. The first-order valence-electron chi connectivity index (χ1n) is 8.58. The first kappa shape index (κ1) is 20.2. The third-order valence-electron chi connectivity index (χ3n) is 4.04. The number of ether oxygens (including phenoxy) is 1. The summed E-state index contributed by atoms with van der Waals surface area (Å²) in [5.74, 6) is -1.44. The molecule has 0 unspecified atom stereocenters. The normalized spacial score (nSPS) is 12.5. The van der Waals surface area contributed by atoms with E-state index in [0.717, 1.165) is 40.9 Å². The van der Waals surface area contributed by atoms with E-state index in [-0.39, 0.29) is 4.90 Å². The van der Waals surface area contributed by atoms with Gasteiger partial charge in [-0.15, -0.1) is 0 Å². The Labute approximate surface area is 165 Å². The van der Waals surface area contributed by atoms with Crippen molar-refractivity contribution in [1.82, 2.24) is 4.57 Å². The van der Waals surface area contributed by atoms with Crippen molar-refractivity contribution in [2.45, 2.75) is 24.8 Å². The number of aryl methyl sites for hydroxylation is 1.